The first-order chi connectivity index (χ1) is 10.3. The number of rotatable bonds is 1. The van der Waals surface area contributed by atoms with Crippen LogP contribution in [-0.4, -0.2) is 18.1 Å². The van der Waals surface area contributed by atoms with E-state index in [-0.39, 0.29) is 5.97 Å². The minimum absolute atomic E-state index is 0.291. The summed E-state index contributed by atoms with van der Waals surface area (Å²) in [5, 5.41) is 2.51. The summed E-state index contributed by atoms with van der Waals surface area (Å²) < 4.78 is 4.85. The zero-order chi connectivity index (χ0) is 14.4. The molecule has 1 N–H and O–H groups in total. The second-order valence-corrected chi connectivity index (χ2v) is 5.48. The number of aromatic amines is 1. The molecule has 0 spiro atoms. The van der Waals surface area contributed by atoms with Crippen molar-refractivity contribution >= 4 is 16.7 Å². The summed E-state index contributed by atoms with van der Waals surface area (Å²) in [4.78, 5) is 14.9. The van der Waals surface area contributed by atoms with Crippen molar-refractivity contribution in [3.05, 3.63) is 70.5 Å². The summed E-state index contributed by atoms with van der Waals surface area (Å²) in [7, 11) is 1.42. The van der Waals surface area contributed by atoms with Crippen LogP contribution in [-0.2, 0) is 17.6 Å². The fraction of sp³-hybridized carbons (Fsp3) is 0.167. The topological polar surface area (TPSA) is 42.1 Å². The lowest BCUT2D eigenvalue weighted by atomic mass is 9.85. The van der Waals surface area contributed by atoms with Gasteiger partial charge in [-0.1, -0.05) is 36.4 Å². The van der Waals surface area contributed by atoms with E-state index < -0.39 is 0 Å². The molecule has 0 atom stereocenters. The fourth-order valence-corrected chi connectivity index (χ4v) is 3.20. The van der Waals surface area contributed by atoms with E-state index in [1.165, 1.54) is 34.6 Å². The van der Waals surface area contributed by atoms with Gasteiger partial charge in [0.1, 0.15) is 5.69 Å². The van der Waals surface area contributed by atoms with Gasteiger partial charge in [-0.05, 0) is 39.4 Å². The zero-order valence-electron chi connectivity index (χ0n) is 11.8. The molecule has 1 aliphatic rings. The molecule has 0 bridgehead atoms. The summed E-state index contributed by atoms with van der Waals surface area (Å²) in [5.41, 5.74) is 5.50. The number of benzene rings is 2. The Bertz CT molecular complexity index is 861. The highest BCUT2D eigenvalue weighted by atomic mass is 16.5. The van der Waals surface area contributed by atoms with Crippen LogP contribution in [0.15, 0.2) is 42.6 Å². The summed E-state index contributed by atoms with van der Waals surface area (Å²) in [6.45, 7) is 0. The van der Waals surface area contributed by atoms with Crippen LogP contribution in [0.1, 0.15) is 32.7 Å². The van der Waals surface area contributed by atoms with Crippen molar-refractivity contribution < 1.29 is 9.53 Å². The molecule has 0 amide bonds. The second-order valence-electron chi connectivity index (χ2n) is 5.48. The monoisotopic (exact) mass is 277 g/mol. The Morgan fingerprint density at radius 2 is 1.71 bits per heavy atom. The minimum atomic E-state index is -0.291. The number of H-pyrrole nitrogens is 1. The Balaban J connectivity index is 1.84. The first-order valence-corrected chi connectivity index (χ1v) is 7.04. The van der Waals surface area contributed by atoms with Gasteiger partial charge in [0, 0.05) is 12.6 Å². The van der Waals surface area contributed by atoms with Gasteiger partial charge >= 0.3 is 5.97 Å². The van der Waals surface area contributed by atoms with E-state index in [1.54, 1.807) is 0 Å². The molecule has 0 saturated carbocycles. The van der Waals surface area contributed by atoms with Gasteiger partial charge in [-0.2, -0.15) is 0 Å². The first-order valence-electron chi connectivity index (χ1n) is 7.04. The minimum Gasteiger partial charge on any atom is -0.464 e. The van der Waals surface area contributed by atoms with Crippen molar-refractivity contribution in [1.29, 1.82) is 0 Å². The first kappa shape index (κ1) is 12.2. The van der Waals surface area contributed by atoms with Gasteiger partial charge in [-0.15, -0.1) is 0 Å². The van der Waals surface area contributed by atoms with Crippen LogP contribution >= 0.6 is 0 Å². The Labute approximate surface area is 122 Å². The van der Waals surface area contributed by atoms with Crippen molar-refractivity contribution in [2.45, 2.75) is 12.8 Å². The van der Waals surface area contributed by atoms with E-state index in [2.05, 4.69) is 41.4 Å². The Morgan fingerprint density at radius 3 is 2.38 bits per heavy atom. The smallest absolute Gasteiger partial charge is 0.354 e. The van der Waals surface area contributed by atoms with Gasteiger partial charge in [0.15, 0.2) is 0 Å². The van der Waals surface area contributed by atoms with Crippen molar-refractivity contribution in [3.63, 3.8) is 0 Å². The molecule has 0 aliphatic heterocycles. The van der Waals surface area contributed by atoms with Crippen molar-refractivity contribution in [2.75, 3.05) is 7.11 Å². The number of methoxy groups -OCH3 is 1. The quantitative estimate of drug-likeness (QED) is 0.541. The van der Waals surface area contributed by atoms with Gasteiger partial charge in [-0.25, -0.2) is 4.79 Å². The number of ether oxygens (including phenoxy) is 1. The van der Waals surface area contributed by atoms with Crippen molar-refractivity contribution in [3.8, 4) is 0 Å². The predicted octanol–water partition coefficient (Wildman–Crippen LogP) is 3.45. The standard InChI is InChI=1S/C18H15NO2/c1-21-18(20)17-16-9-14-7-12-5-3-2-4-11(12)6-13(14)8-15(16)10-19-17/h2-7,10,19H,8-9H2,1H3. The van der Waals surface area contributed by atoms with Crippen LogP contribution in [0.25, 0.3) is 10.8 Å². The fourth-order valence-electron chi connectivity index (χ4n) is 3.20. The normalized spacial score (nSPS) is 12.8. The number of nitrogens with one attached hydrogen (secondary N) is 1. The molecule has 0 radical (unpaired) electrons. The average Bonchev–Trinajstić information content (AvgIpc) is 2.92. The molecule has 1 aliphatic carbocycles. The van der Waals surface area contributed by atoms with Gasteiger partial charge in [0.05, 0.1) is 7.11 Å². The maximum atomic E-state index is 11.8. The number of fused-ring (bicyclic) bond motifs is 3. The highest BCUT2D eigenvalue weighted by Crippen LogP contribution is 2.32. The molecule has 4 rings (SSSR count). The average molecular weight is 277 g/mol. The lowest BCUT2D eigenvalue weighted by Gasteiger charge is -2.18. The molecule has 3 heteroatoms. The molecule has 0 unspecified atom stereocenters. The Kier molecular flexibility index (Phi) is 2.61. The molecule has 21 heavy (non-hydrogen) atoms. The van der Waals surface area contributed by atoms with Crippen molar-refractivity contribution in [2.24, 2.45) is 0 Å². The van der Waals surface area contributed by atoms with Crippen LogP contribution in [0, 0.1) is 0 Å². The highest BCUT2D eigenvalue weighted by Gasteiger charge is 2.23. The molecule has 0 fully saturated rings. The molecular formula is C18H15NO2. The number of esters is 1. The van der Waals surface area contributed by atoms with E-state index in [9.17, 15) is 4.79 Å². The van der Waals surface area contributed by atoms with E-state index in [0.29, 0.717) is 5.69 Å². The summed E-state index contributed by atoms with van der Waals surface area (Å²) in [6.07, 6.45) is 3.58. The second kappa shape index (κ2) is 4.48. The van der Waals surface area contributed by atoms with E-state index >= 15 is 0 Å². The van der Waals surface area contributed by atoms with Crippen LogP contribution in [0.3, 0.4) is 0 Å². The van der Waals surface area contributed by atoms with Crippen molar-refractivity contribution in [1.82, 2.24) is 4.98 Å². The van der Waals surface area contributed by atoms with Crippen LogP contribution < -0.4 is 0 Å². The number of carbonyl (C=O) groups is 1. The van der Waals surface area contributed by atoms with Crippen LogP contribution in [0.4, 0.5) is 0 Å². The van der Waals surface area contributed by atoms with E-state index in [1.807, 2.05) is 6.20 Å². The maximum absolute atomic E-state index is 11.8. The SMILES string of the molecule is COC(=O)c1[nH]cc2c1Cc1cc3ccccc3cc1C2. The van der Waals surface area contributed by atoms with E-state index in [0.717, 1.165) is 18.4 Å². The predicted molar refractivity (Wildman–Crippen MR) is 81.7 cm³/mol. The molecule has 3 nitrogen and oxygen atoms in total. The third kappa shape index (κ3) is 1.85. The van der Waals surface area contributed by atoms with Crippen LogP contribution in [0.5, 0.6) is 0 Å². The molecular weight excluding hydrogens is 262 g/mol. The van der Waals surface area contributed by atoms with Gasteiger partial charge < -0.3 is 9.72 Å². The number of hydrogen-bond donors (Lipinski definition) is 1. The number of carbonyl (C=O) groups excluding carboxylic acids is 1. The molecule has 2 aromatic carbocycles. The highest BCUT2D eigenvalue weighted by molar-refractivity contribution is 5.90. The molecule has 1 heterocycles. The van der Waals surface area contributed by atoms with Crippen LogP contribution in [0.2, 0.25) is 0 Å². The van der Waals surface area contributed by atoms with Gasteiger partial charge in [-0.3, -0.25) is 0 Å². The lowest BCUT2D eigenvalue weighted by molar-refractivity contribution is 0.0593. The molecule has 3 aromatic rings. The zero-order valence-corrected chi connectivity index (χ0v) is 11.8. The molecule has 0 saturated heterocycles. The summed E-state index contributed by atoms with van der Waals surface area (Å²) in [5.74, 6) is -0.291. The Hall–Kier alpha value is -2.55. The Morgan fingerprint density at radius 1 is 1.05 bits per heavy atom. The number of hydrogen-bond acceptors (Lipinski definition) is 2. The molecule has 104 valence electrons. The third-order valence-corrected chi connectivity index (χ3v) is 4.29. The molecule has 1 aromatic heterocycles. The van der Waals surface area contributed by atoms with Gasteiger partial charge in [0.2, 0.25) is 0 Å². The van der Waals surface area contributed by atoms with E-state index in [4.69, 9.17) is 4.74 Å². The lowest BCUT2D eigenvalue weighted by Crippen LogP contribution is -2.11. The third-order valence-electron chi connectivity index (χ3n) is 4.29. The summed E-state index contributed by atoms with van der Waals surface area (Å²) >= 11 is 0. The number of aromatic nitrogens is 1. The summed E-state index contributed by atoms with van der Waals surface area (Å²) in [6, 6.07) is 12.9. The largest absolute Gasteiger partial charge is 0.464 e. The van der Waals surface area contributed by atoms with Gasteiger partial charge in [0.25, 0.3) is 0 Å². The maximum Gasteiger partial charge on any atom is 0.354 e.